The third-order valence-electron chi connectivity index (χ3n) is 2.80. The summed E-state index contributed by atoms with van der Waals surface area (Å²) in [6, 6.07) is 12.8. The van der Waals surface area contributed by atoms with E-state index in [0.29, 0.717) is 5.76 Å². The van der Waals surface area contributed by atoms with Crippen LogP contribution in [0.2, 0.25) is 0 Å². The molecule has 3 N–H and O–H groups in total. The molecule has 0 aliphatic rings. The van der Waals surface area contributed by atoms with Crippen molar-refractivity contribution < 1.29 is 9.21 Å². The summed E-state index contributed by atoms with van der Waals surface area (Å²) in [5.41, 5.74) is 6.52. The van der Waals surface area contributed by atoms with Crippen molar-refractivity contribution in [3.8, 4) is 0 Å². The van der Waals surface area contributed by atoms with E-state index in [1.807, 2.05) is 30.3 Å². The summed E-state index contributed by atoms with van der Waals surface area (Å²) in [5.74, 6) is 0.410. The van der Waals surface area contributed by atoms with Crippen molar-refractivity contribution >= 4 is 29.6 Å². The molecule has 0 spiro atoms. The lowest BCUT2D eigenvalue weighted by Crippen LogP contribution is -2.12. The fourth-order valence-electron chi connectivity index (χ4n) is 1.80. The molecule has 0 saturated heterocycles. The van der Waals surface area contributed by atoms with Crippen LogP contribution in [0.25, 0.3) is 6.08 Å². The molecule has 7 heteroatoms. The maximum atomic E-state index is 12.1. The SMILES string of the molecule is Nc1nc(Nc2ccccc2)nn1C(=O)C=Cc1ccco1. The summed E-state index contributed by atoms with van der Waals surface area (Å²) in [6.45, 7) is 0. The molecule has 2 aromatic heterocycles. The van der Waals surface area contributed by atoms with Gasteiger partial charge < -0.3 is 15.5 Å². The molecule has 0 aliphatic heterocycles. The van der Waals surface area contributed by atoms with Gasteiger partial charge in [0.05, 0.1) is 6.26 Å². The molecular weight excluding hydrogens is 282 g/mol. The third kappa shape index (κ3) is 3.04. The maximum Gasteiger partial charge on any atom is 0.274 e. The molecule has 0 saturated carbocycles. The summed E-state index contributed by atoms with van der Waals surface area (Å²) >= 11 is 0. The van der Waals surface area contributed by atoms with Crippen molar-refractivity contribution in [2.24, 2.45) is 0 Å². The third-order valence-corrected chi connectivity index (χ3v) is 2.80. The second-order valence-electron chi connectivity index (χ2n) is 4.38. The number of nitrogen functional groups attached to an aromatic ring is 1. The van der Waals surface area contributed by atoms with Gasteiger partial charge in [0.2, 0.25) is 11.9 Å². The van der Waals surface area contributed by atoms with E-state index in [1.165, 1.54) is 18.4 Å². The number of carbonyl (C=O) groups excluding carboxylic acids is 1. The first-order valence-electron chi connectivity index (χ1n) is 6.53. The van der Waals surface area contributed by atoms with Crippen LogP contribution in [-0.4, -0.2) is 20.7 Å². The van der Waals surface area contributed by atoms with Gasteiger partial charge in [0, 0.05) is 11.8 Å². The number of nitrogens with zero attached hydrogens (tertiary/aromatic N) is 3. The minimum absolute atomic E-state index is 0.00697. The van der Waals surface area contributed by atoms with Gasteiger partial charge in [0.15, 0.2) is 0 Å². The highest BCUT2D eigenvalue weighted by atomic mass is 16.3. The number of allylic oxidation sites excluding steroid dienone is 1. The Bertz CT molecular complexity index is 791. The van der Waals surface area contributed by atoms with E-state index in [4.69, 9.17) is 10.2 Å². The highest BCUT2D eigenvalue weighted by molar-refractivity contribution is 5.94. The molecule has 0 unspecified atom stereocenters. The van der Waals surface area contributed by atoms with Crippen LogP contribution < -0.4 is 11.1 Å². The number of hydrogen-bond donors (Lipinski definition) is 2. The number of rotatable bonds is 4. The largest absolute Gasteiger partial charge is 0.465 e. The number of nitrogens with two attached hydrogens (primary N) is 1. The average molecular weight is 295 g/mol. The van der Waals surface area contributed by atoms with Gasteiger partial charge in [-0.25, -0.2) is 0 Å². The van der Waals surface area contributed by atoms with Gasteiger partial charge in [0.25, 0.3) is 5.91 Å². The standard InChI is InChI=1S/C15H13N5O2/c16-14-18-15(17-11-5-2-1-3-6-11)19-20(14)13(21)9-8-12-7-4-10-22-12/h1-10H,(H3,16,17,18,19). The minimum Gasteiger partial charge on any atom is -0.465 e. The molecule has 3 aromatic rings. The molecule has 0 radical (unpaired) electrons. The number of aromatic nitrogens is 3. The lowest BCUT2D eigenvalue weighted by Gasteiger charge is -1.99. The Morgan fingerprint density at radius 3 is 2.77 bits per heavy atom. The van der Waals surface area contributed by atoms with E-state index in [-0.39, 0.29) is 11.9 Å². The minimum atomic E-state index is -0.414. The van der Waals surface area contributed by atoms with Gasteiger partial charge in [-0.05, 0) is 30.3 Å². The number of hydrogen-bond acceptors (Lipinski definition) is 6. The zero-order chi connectivity index (χ0) is 15.4. The van der Waals surface area contributed by atoms with Crippen molar-refractivity contribution in [1.29, 1.82) is 0 Å². The van der Waals surface area contributed by atoms with Gasteiger partial charge in [-0.3, -0.25) is 4.79 Å². The molecule has 22 heavy (non-hydrogen) atoms. The quantitative estimate of drug-likeness (QED) is 0.718. The Balaban J connectivity index is 1.76. The Morgan fingerprint density at radius 1 is 1.23 bits per heavy atom. The van der Waals surface area contributed by atoms with E-state index >= 15 is 0 Å². The Kier molecular flexibility index (Phi) is 3.69. The van der Waals surface area contributed by atoms with Crippen molar-refractivity contribution in [3.63, 3.8) is 0 Å². The Labute approximate surface area is 126 Å². The van der Waals surface area contributed by atoms with Crippen molar-refractivity contribution in [2.45, 2.75) is 0 Å². The number of furan rings is 1. The summed E-state index contributed by atoms with van der Waals surface area (Å²) in [4.78, 5) is 16.1. The zero-order valence-electron chi connectivity index (χ0n) is 11.5. The molecule has 0 bridgehead atoms. The number of carbonyl (C=O) groups is 1. The number of nitrogens with one attached hydrogen (secondary N) is 1. The topological polar surface area (TPSA) is 99.0 Å². The fourth-order valence-corrected chi connectivity index (χ4v) is 1.80. The normalized spacial score (nSPS) is 10.9. The summed E-state index contributed by atoms with van der Waals surface area (Å²) in [7, 11) is 0. The summed E-state index contributed by atoms with van der Waals surface area (Å²) in [5, 5.41) is 7.01. The van der Waals surface area contributed by atoms with Crippen LogP contribution >= 0.6 is 0 Å². The average Bonchev–Trinajstić information content (AvgIpc) is 3.16. The molecule has 0 aliphatic carbocycles. The lowest BCUT2D eigenvalue weighted by molar-refractivity contribution is 0.0958. The molecule has 0 fully saturated rings. The van der Waals surface area contributed by atoms with Crippen LogP contribution in [0, 0.1) is 0 Å². The first kappa shape index (κ1) is 13.6. The number of benzene rings is 1. The maximum absolute atomic E-state index is 12.1. The number of para-hydroxylation sites is 1. The summed E-state index contributed by atoms with van der Waals surface area (Å²) in [6.07, 6.45) is 4.37. The van der Waals surface area contributed by atoms with Crippen LogP contribution in [0.15, 0.2) is 59.2 Å². The molecule has 1 aromatic carbocycles. The monoisotopic (exact) mass is 295 g/mol. The van der Waals surface area contributed by atoms with Crippen LogP contribution in [0.1, 0.15) is 10.6 Å². The molecule has 110 valence electrons. The van der Waals surface area contributed by atoms with Crippen molar-refractivity contribution in [1.82, 2.24) is 14.8 Å². The van der Waals surface area contributed by atoms with E-state index in [9.17, 15) is 4.79 Å². The Morgan fingerprint density at radius 2 is 2.05 bits per heavy atom. The van der Waals surface area contributed by atoms with Gasteiger partial charge in [0.1, 0.15) is 5.76 Å². The second-order valence-corrected chi connectivity index (χ2v) is 4.38. The van der Waals surface area contributed by atoms with Gasteiger partial charge in [-0.2, -0.15) is 9.67 Å². The molecule has 7 nitrogen and oxygen atoms in total. The molecule has 0 amide bonds. The van der Waals surface area contributed by atoms with Crippen LogP contribution in [-0.2, 0) is 0 Å². The fraction of sp³-hybridized carbons (Fsp3) is 0. The smallest absolute Gasteiger partial charge is 0.274 e. The van der Waals surface area contributed by atoms with Gasteiger partial charge in [-0.15, -0.1) is 5.10 Å². The zero-order valence-corrected chi connectivity index (χ0v) is 11.5. The Hall–Kier alpha value is -3.35. The van der Waals surface area contributed by atoms with E-state index < -0.39 is 5.91 Å². The van der Waals surface area contributed by atoms with E-state index in [0.717, 1.165) is 10.4 Å². The molecule has 3 rings (SSSR count). The van der Waals surface area contributed by atoms with Crippen LogP contribution in [0.5, 0.6) is 0 Å². The molecule has 2 heterocycles. The summed E-state index contributed by atoms with van der Waals surface area (Å²) < 4.78 is 6.12. The predicted molar refractivity (Wildman–Crippen MR) is 82.5 cm³/mol. The second kappa shape index (κ2) is 5.96. The van der Waals surface area contributed by atoms with Crippen LogP contribution in [0.3, 0.4) is 0 Å². The van der Waals surface area contributed by atoms with E-state index in [2.05, 4.69) is 15.4 Å². The first-order valence-corrected chi connectivity index (χ1v) is 6.53. The molecular formula is C15H13N5O2. The number of anilines is 3. The van der Waals surface area contributed by atoms with Crippen LogP contribution in [0.4, 0.5) is 17.6 Å². The van der Waals surface area contributed by atoms with Gasteiger partial charge in [-0.1, -0.05) is 18.2 Å². The highest BCUT2D eigenvalue weighted by Crippen LogP contribution is 2.14. The predicted octanol–water partition coefficient (Wildman–Crippen LogP) is 2.55. The van der Waals surface area contributed by atoms with Gasteiger partial charge >= 0.3 is 0 Å². The van der Waals surface area contributed by atoms with Crippen molar-refractivity contribution in [3.05, 3.63) is 60.6 Å². The lowest BCUT2D eigenvalue weighted by atomic mass is 10.3. The first-order chi connectivity index (χ1) is 10.7. The van der Waals surface area contributed by atoms with Crippen molar-refractivity contribution in [2.75, 3.05) is 11.1 Å². The highest BCUT2D eigenvalue weighted by Gasteiger charge is 2.11. The van der Waals surface area contributed by atoms with E-state index in [1.54, 1.807) is 12.1 Å². The molecule has 0 atom stereocenters.